The molecule has 1 aliphatic rings. The Hall–Kier alpha value is -4.21. The molecule has 0 saturated carbocycles. The van der Waals surface area contributed by atoms with E-state index in [1.165, 1.54) is 0 Å². The Morgan fingerprint density at radius 3 is 2.72 bits per heavy atom. The molecule has 5 aromatic rings. The molecule has 3 aromatic heterocycles. The van der Waals surface area contributed by atoms with Crippen molar-refractivity contribution in [2.24, 2.45) is 0 Å². The number of hydrogen-bond acceptors (Lipinski definition) is 7. The van der Waals surface area contributed by atoms with Crippen LogP contribution in [0.15, 0.2) is 83.9 Å². The van der Waals surface area contributed by atoms with E-state index in [0.29, 0.717) is 31.0 Å². The van der Waals surface area contributed by atoms with Crippen LogP contribution in [0.2, 0.25) is 0 Å². The first-order valence-electron chi connectivity index (χ1n) is 13.3. The van der Waals surface area contributed by atoms with Crippen molar-refractivity contribution in [1.82, 2.24) is 35.1 Å². The number of aromatic nitrogens is 6. The third kappa shape index (κ3) is 5.64. The number of aromatic amines is 1. The summed E-state index contributed by atoms with van der Waals surface area (Å²) >= 11 is 0. The Kier molecular flexibility index (Phi) is 7.25. The van der Waals surface area contributed by atoms with Gasteiger partial charge in [-0.2, -0.15) is 0 Å². The van der Waals surface area contributed by atoms with Crippen LogP contribution in [0.1, 0.15) is 47.0 Å². The summed E-state index contributed by atoms with van der Waals surface area (Å²) in [5.74, 6) is 0.613. The highest BCUT2D eigenvalue weighted by Crippen LogP contribution is 2.30. The van der Waals surface area contributed by atoms with E-state index in [1.807, 2.05) is 61.7 Å². The van der Waals surface area contributed by atoms with E-state index in [4.69, 9.17) is 4.74 Å². The first-order valence-corrected chi connectivity index (χ1v) is 13.3. The maximum Gasteiger partial charge on any atom is 0.253 e. The Morgan fingerprint density at radius 1 is 1.08 bits per heavy atom. The summed E-state index contributed by atoms with van der Waals surface area (Å²) < 4.78 is 7.71. The van der Waals surface area contributed by atoms with E-state index in [0.717, 1.165) is 47.0 Å². The molecule has 0 spiro atoms. The Morgan fingerprint density at radius 2 is 1.92 bits per heavy atom. The number of H-pyrrole nitrogens is 1. The van der Waals surface area contributed by atoms with Crippen LogP contribution < -0.4 is 5.56 Å². The van der Waals surface area contributed by atoms with Crippen molar-refractivity contribution < 1.29 is 4.74 Å². The number of nitrogens with one attached hydrogen (secondary N) is 1. The van der Waals surface area contributed by atoms with Crippen molar-refractivity contribution in [3.8, 4) is 0 Å². The minimum Gasteiger partial charge on any atom is -0.376 e. The zero-order valence-corrected chi connectivity index (χ0v) is 21.9. The van der Waals surface area contributed by atoms with Gasteiger partial charge in [0.25, 0.3) is 5.56 Å². The molecule has 4 heterocycles. The number of benzene rings is 2. The number of nitrogens with zero attached hydrogens (tertiary/aromatic N) is 6. The van der Waals surface area contributed by atoms with Gasteiger partial charge in [-0.1, -0.05) is 48.5 Å². The third-order valence-corrected chi connectivity index (χ3v) is 7.23. The molecule has 0 amide bonds. The van der Waals surface area contributed by atoms with Gasteiger partial charge in [-0.3, -0.25) is 14.7 Å². The highest BCUT2D eigenvalue weighted by molar-refractivity contribution is 5.79. The Balaban J connectivity index is 1.50. The lowest BCUT2D eigenvalue weighted by Crippen LogP contribution is -2.35. The first kappa shape index (κ1) is 25.1. The van der Waals surface area contributed by atoms with Gasteiger partial charge in [-0.25, -0.2) is 4.68 Å². The number of tetrazole rings is 1. The summed E-state index contributed by atoms with van der Waals surface area (Å²) in [5, 5.41) is 13.9. The van der Waals surface area contributed by atoms with Gasteiger partial charge in [0.05, 0.1) is 12.6 Å². The minimum absolute atomic E-state index is 0.0478. The fourth-order valence-electron chi connectivity index (χ4n) is 5.34. The van der Waals surface area contributed by atoms with Crippen LogP contribution in [0.5, 0.6) is 0 Å². The number of fused-ring (bicyclic) bond motifs is 1. The smallest absolute Gasteiger partial charge is 0.253 e. The average Bonchev–Trinajstić information content (AvgIpc) is 3.63. The quantitative estimate of drug-likeness (QED) is 0.310. The molecule has 2 aromatic carbocycles. The topological polar surface area (TPSA) is 102 Å². The number of aryl methyl sites for hydroxylation is 1. The average molecular weight is 522 g/mol. The molecule has 0 bridgehead atoms. The third-order valence-electron chi connectivity index (χ3n) is 7.23. The van der Waals surface area contributed by atoms with Crippen LogP contribution in [0.3, 0.4) is 0 Å². The van der Waals surface area contributed by atoms with E-state index in [1.54, 1.807) is 10.9 Å². The molecule has 0 unspecified atom stereocenters. The summed E-state index contributed by atoms with van der Waals surface area (Å²) in [7, 11) is 0. The van der Waals surface area contributed by atoms with Gasteiger partial charge >= 0.3 is 0 Å². The molecule has 1 aliphatic heterocycles. The molecular formula is C30H31N7O2. The molecule has 6 rings (SSSR count). The van der Waals surface area contributed by atoms with Crippen LogP contribution in [-0.2, 0) is 24.4 Å². The summed E-state index contributed by atoms with van der Waals surface area (Å²) in [6, 6.07) is 21.8. The van der Waals surface area contributed by atoms with Gasteiger partial charge in [0.1, 0.15) is 6.04 Å². The van der Waals surface area contributed by atoms with Gasteiger partial charge in [0, 0.05) is 43.2 Å². The molecule has 39 heavy (non-hydrogen) atoms. The number of ether oxygens (including phenoxy) is 1. The van der Waals surface area contributed by atoms with Crippen molar-refractivity contribution >= 4 is 10.9 Å². The fourth-order valence-corrected chi connectivity index (χ4v) is 5.34. The van der Waals surface area contributed by atoms with E-state index >= 15 is 0 Å². The van der Waals surface area contributed by atoms with Crippen molar-refractivity contribution in [1.29, 1.82) is 0 Å². The van der Waals surface area contributed by atoms with Crippen LogP contribution in [0.25, 0.3) is 10.9 Å². The first-order chi connectivity index (χ1) is 19.1. The lowest BCUT2D eigenvalue weighted by molar-refractivity contribution is 0.0903. The van der Waals surface area contributed by atoms with Gasteiger partial charge in [-0.15, -0.1) is 5.10 Å². The summed E-state index contributed by atoms with van der Waals surface area (Å²) in [4.78, 5) is 23.4. The van der Waals surface area contributed by atoms with E-state index < -0.39 is 6.04 Å². The Labute approximate surface area is 226 Å². The van der Waals surface area contributed by atoms with Gasteiger partial charge in [0.15, 0.2) is 5.82 Å². The van der Waals surface area contributed by atoms with E-state index in [9.17, 15) is 4.79 Å². The SMILES string of the molecule is Cc1ccc2cc([C@H](c3nnnn3C[C@H]3CCCO3)N(Cc3ccccc3)Cc3cccnc3)c(=O)[nH]c2c1. The molecule has 2 atom stereocenters. The fraction of sp³-hybridized carbons (Fsp3) is 0.300. The molecule has 198 valence electrons. The molecule has 1 saturated heterocycles. The maximum absolute atomic E-state index is 13.7. The molecule has 1 N–H and O–H groups in total. The predicted molar refractivity (Wildman–Crippen MR) is 148 cm³/mol. The van der Waals surface area contributed by atoms with Gasteiger partial charge in [0.2, 0.25) is 0 Å². The van der Waals surface area contributed by atoms with Gasteiger partial charge < -0.3 is 9.72 Å². The highest BCUT2D eigenvalue weighted by Gasteiger charge is 2.32. The molecule has 9 nitrogen and oxygen atoms in total. The van der Waals surface area contributed by atoms with Crippen molar-refractivity contribution in [3.05, 3.63) is 118 Å². The zero-order chi connectivity index (χ0) is 26.6. The minimum atomic E-state index is -0.517. The summed E-state index contributed by atoms with van der Waals surface area (Å²) in [6.45, 7) is 4.43. The molecule has 0 aliphatic carbocycles. The largest absolute Gasteiger partial charge is 0.376 e. The van der Waals surface area contributed by atoms with Crippen LogP contribution >= 0.6 is 0 Å². The maximum atomic E-state index is 13.7. The zero-order valence-electron chi connectivity index (χ0n) is 21.9. The lowest BCUT2D eigenvalue weighted by atomic mass is 10.0. The summed E-state index contributed by atoms with van der Waals surface area (Å²) in [5.41, 5.74) is 4.49. The van der Waals surface area contributed by atoms with Crippen molar-refractivity contribution in [2.45, 2.75) is 51.5 Å². The summed E-state index contributed by atoms with van der Waals surface area (Å²) in [6.07, 6.45) is 5.66. The second-order valence-electron chi connectivity index (χ2n) is 10.2. The highest BCUT2D eigenvalue weighted by atomic mass is 16.5. The van der Waals surface area contributed by atoms with E-state index in [-0.39, 0.29) is 11.7 Å². The molecule has 0 radical (unpaired) electrons. The van der Waals surface area contributed by atoms with Gasteiger partial charge in [-0.05, 0) is 70.5 Å². The Bertz CT molecular complexity index is 1550. The van der Waals surface area contributed by atoms with Crippen molar-refractivity contribution in [2.75, 3.05) is 6.61 Å². The second-order valence-corrected chi connectivity index (χ2v) is 10.2. The number of pyridine rings is 2. The predicted octanol–water partition coefficient (Wildman–Crippen LogP) is 4.19. The van der Waals surface area contributed by atoms with Crippen LogP contribution in [-0.4, -0.2) is 47.8 Å². The second kappa shape index (κ2) is 11.3. The van der Waals surface area contributed by atoms with Crippen LogP contribution in [0, 0.1) is 6.92 Å². The number of hydrogen-bond donors (Lipinski definition) is 1. The molecule has 1 fully saturated rings. The standard InChI is InChI=1S/C30H31N7O2/c1-21-11-12-24-16-26(30(38)32-27(24)15-21)28(29-33-34-35-37(29)20-25-10-6-14-39-25)36(18-22-7-3-2-4-8-22)19-23-9-5-13-31-17-23/h2-5,7-9,11-13,15-17,25,28H,6,10,14,18-20H2,1H3,(H,32,38)/t25-,28-/m1/s1. The lowest BCUT2D eigenvalue weighted by Gasteiger charge is -2.31. The molecular weight excluding hydrogens is 490 g/mol. The normalized spacial score (nSPS) is 16.2. The van der Waals surface area contributed by atoms with Crippen LogP contribution in [0.4, 0.5) is 0 Å². The van der Waals surface area contributed by atoms with Crippen molar-refractivity contribution in [3.63, 3.8) is 0 Å². The number of rotatable bonds is 9. The monoisotopic (exact) mass is 521 g/mol. The van der Waals surface area contributed by atoms with E-state index in [2.05, 4.69) is 48.6 Å². The molecule has 9 heteroatoms.